The molecule has 3 N–H and O–H groups in total. The lowest BCUT2D eigenvalue weighted by Gasteiger charge is -2.00. The Balaban J connectivity index is 2.08. The minimum atomic E-state index is -0.704. The number of hydrogen-bond donors (Lipinski definition) is 2. The molecule has 0 radical (unpaired) electrons. The van der Waals surface area contributed by atoms with Crippen LogP contribution in [0.2, 0.25) is 0 Å². The lowest BCUT2D eigenvalue weighted by atomic mass is 10.3. The lowest BCUT2D eigenvalue weighted by molar-refractivity contribution is 0.249. The number of nitrogens with two attached hydrogens (primary N) is 1. The highest BCUT2D eigenvalue weighted by Crippen LogP contribution is 2.16. The molecule has 6 nitrogen and oxygen atoms in total. The van der Waals surface area contributed by atoms with Gasteiger partial charge in [-0.1, -0.05) is 23.5 Å². The summed E-state index contributed by atoms with van der Waals surface area (Å²) in [5.41, 5.74) is 7.87. The van der Waals surface area contributed by atoms with E-state index in [4.69, 9.17) is 5.73 Å². The van der Waals surface area contributed by atoms with Crippen molar-refractivity contribution in [2.75, 3.05) is 0 Å². The standard InChI is InChI=1S/C11H12N4O2S/c12-10(16)14-13-6-3-7-15-8-4-1-2-5-9(8)18-11(15)17/h1-2,4-6H,3,7H2,(H3,12,14,16)/b13-6-. The molecule has 2 rings (SSSR count). The number of nitrogens with zero attached hydrogens (tertiary/aromatic N) is 2. The zero-order valence-corrected chi connectivity index (χ0v) is 10.3. The second-order valence-electron chi connectivity index (χ2n) is 3.56. The number of benzene rings is 1. The van der Waals surface area contributed by atoms with E-state index in [-0.39, 0.29) is 4.87 Å². The number of carbonyl (C=O) groups excluding carboxylic acids is 1. The minimum Gasteiger partial charge on any atom is -0.350 e. The van der Waals surface area contributed by atoms with E-state index in [1.165, 1.54) is 17.6 Å². The zero-order valence-electron chi connectivity index (χ0n) is 9.50. The van der Waals surface area contributed by atoms with Gasteiger partial charge >= 0.3 is 10.9 Å². The molecule has 1 aromatic heterocycles. The van der Waals surface area contributed by atoms with Crippen LogP contribution in [0, 0.1) is 0 Å². The summed E-state index contributed by atoms with van der Waals surface area (Å²) in [5.74, 6) is 0. The molecule has 1 heterocycles. The van der Waals surface area contributed by atoms with Crippen molar-refractivity contribution in [1.82, 2.24) is 9.99 Å². The normalized spacial score (nSPS) is 11.1. The van der Waals surface area contributed by atoms with Crippen molar-refractivity contribution in [2.45, 2.75) is 13.0 Å². The molecule has 94 valence electrons. The molecule has 2 amide bonds. The third-order valence-electron chi connectivity index (χ3n) is 2.32. The molecule has 0 spiro atoms. The predicted molar refractivity (Wildman–Crippen MR) is 71.9 cm³/mol. The maximum Gasteiger partial charge on any atom is 0.332 e. The minimum absolute atomic E-state index is 0.00691. The van der Waals surface area contributed by atoms with Crippen molar-refractivity contribution in [2.24, 2.45) is 10.8 Å². The zero-order chi connectivity index (χ0) is 13.0. The number of carbonyl (C=O) groups is 1. The van der Waals surface area contributed by atoms with Crippen LogP contribution in [0.1, 0.15) is 6.42 Å². The molecule has 0 atom stereocenters. The maximum absolute atomic E-state index is 11.8. The van der Waals surface area contributed by atoms with E-state index in [2.05, 4.69) is 10.5 Å². The molecule has 0 aliphatic rings. The van der Waals surface area contributed by atoms with Gasteiger partial charge in [-0.3, -0.25) is 9.36 Å². The van der Waals surface area contributed by atoms with Crippen LogP contribution >= 0.6 is 11.3 Å². The van der Waals surface area contributed by atoms with E-state index in [1.807, 2.05) is 24.3 Å². The number of hydrogen-bond acceptors (Lipinski definition) is 4. The van der Waals surface area contributed by atoms with Crippen LogP contribution in [0.3, 0.4) is 0 Å². The molecule has 2 aromatic rings. The summed E-state index contributed by atoms with van der Waals surface area (Å²) in [7, 11) is 0. The Labute approximate surface area is 107 Å². The number of rotatable bonds is 4. The molecular weight excluding hydrogens is 252 g/mol. The molecule has 0 saturated heterocycles. The maximum atomic E-state index is 11.8. The number of primary amides is 1. The van der Waals surface area contributed by atoms with E-state index in [1.54, 1.807) is 4.57 Å². The van der Waals surface area contributed by atoms with E-state index in [0.717, 1.165) is 10.2 Å². The van der Waals surface area contributed by atoms with Gasteiger partial charge in [0.05, 0.1) is 10.2 Å². The first-order valence-electron chi connectivity index (χ1n) is 5.34. The number of fused-ring (bicyclic) bond motifs is 1. The van der Waals surface area contributed by atoms with Crippen molar-refractivity contribution < 1.29 is 4.79 Å². The van der Waals surface area contributed by atoms with Crippen LogP contribution in [0.15, 0.2) is 34.2 Å². The first-order chi connectivity index (χ1) is 8.68. The summed E-state index contributed by atoms with van der Waals surface area (Å²) in [6.45, 7) is 0.521. The van der Waals surface area contributed by atoms with E-state index >= 15 is 0 Å². The molecule has 0 unspecified atom stereocenters. The van der Waals surface area contributed by atoms with Crippen molar-refractivity contribution in [3.05, 3.63) is 33.9 Å². The Morgan fingerprint density at radius 2 is 2.28 bits per heavy atom. The molecule has 0 aliphatic carbocycles. The quantitative estimate of drug-likeness (QED) is 0.639. The fourth-order valence-corrected chi connectivity index (χ4v) is 2.50. The topological polar surface area (TPSA) is 89.5 Å². The summed E-state index contributed by atoms with van der Waals surface area (Å²) >= 11 is 1.22. The van der Waals surface area contributed by atoms with E-state index in [0.29, 0.717) is 13.0 Å². The number of thiazole rings is 1. The fourth-order valence-electron chi connectivity index (χ4n) is 1.59. The second-order valence-corrected chi connectivity index (χ2v) is 4.56. The molecule has 0 bridgehead atoms. The molecular formula is C11H12N4O2S. The first-order valence-corrected chi connectivity index (χ1v) is 6.15. The Bertz CT molecular complexity index is 644. The lowest BCUT2D eigenvalue weighted by Crippen LogP contribution is -2.24. The smallest absolute Gasteiger partial charge is 0.332 e. The predicted octanol–water partition coefficient (Wildman–Crippen LogP) is 1.11. The van der Waals surface area contributed by atoms with Crippen LogP contribution in [0.25, 0.3) is 10.2 Å². The van der Waals surface area contributed by atoms with Crippen LogP contribution in [-0.4, -0.2) is 16.8 Å². The van der Waals surface area contributed by atoms with Crippen molar-refractivity contribution in [3.63, 3.8) is 0 Å². The second kappa shape index (κ2) is 5.46. The van der Waals surface area contributed by atoms with Gasteiger partial charge in [-0.25, -0.2) is 10.2 Å². The van der Waals surface area contributed by atoms with Gasteiger partial charge in [0.15, 0.2) is 0 Å². The molecule has 7 heteroatoms. The number of hydrazone groups is 1. The molecule has 0 saturated carbocycles. The highest BCUT2D eigenvalue weighted by molar-refractivity contribution is 7.16. The summed E-state index contributed by atoms with van der Waals surface area (Å²) in [6.07, 6.45) is 2.06. The summed E-state index contributed by atoms with van der Waals surface area (Å²) in [6, 6.07) is 6.92. The highest BCUT2D eigenvalue weighted by Gasteiger charge is 2.05. The summed E-state index contributed by atoms with van der Waals surface area (Å²) in [5, 5.41) is 3.62. The number of nitrogens with one attached hydrogen (secondary N) is 1. The van der Waals surface area contributed by atoms with Crippen molar-refractivity contribution in [3.8, 4) is 0 Å². The Morgan fingerprint density at radius 3 is 3.06 bits per heavy atom. The third-order valence-corrected chi connectivity index (χ3v) is 3.28. The molecule has 0 aliphatic heterocycles. The SMILES string of the molecule is NC(=O)N/N=C\CCn1c(=O)sc2ccccc21. The average Bonchev–Trinajstić information content (AvgIpc) is 2.65. The largest absolute Gasteiger partial charge is 0.350 e. The van der Waals surface area contributed by atoms with Crippen LogP contribution in [0.5, 0.6) is 0 Å². The van der Waals surface area contributed by atoms with Crippen LogP contribution in [-0.2, 0) is 6.54 Å². The monoisotopic (exact) mass is 264 g/mol. The molecule has 18 heavy (non-hydrogen) atoms. The highest BCUT2D eigenvalue weighted by atomic mass is 32.1. The van der Waals surface area contributed by atoms with Gasteiger partial charge in [-0.2, -0.15) is 5.10 Å². The fraction of sp³-hybridized carbons (Fsp3) is 0.182. The van der Waals surface area contributed by atoms with Crippen LogP contribution < -0.4 is 16.0 Å². The van der Waals surface area contributed by atoms with Gasteiger partial charge in [0, 0.05) is 19.2 Å². The Morgan fingerprint density at radius 1 is 1.50 bits per heavy atom. The number of aromatic nitrogens is 1. The Kier molecular flexibility index (Phi) is 3.73. The Hall–Kier alpha value is -2.15. The van der Waals surface area contributed by atoms with Gasteiger partial charge in [-0.15, -0.1) is 0 Å². The van der Waals surface area contributed by atoms with E-state index in [9.17, 15) is 9.59 Å². The van der Waals surface area contributed by atoms with Crippen molar-refractivity contribution in [1.29, 1.82) is 0 Å². The van der Waals surface area contributed by atoms with Gasteiger partial charge in [0.1, 0.15) is 0 Å². The summed E-state index contributed by atoms with van der Waals surface area (Å²) < 4.78 is 2.66. The number of para-hydroxylation sites is 1. The molecule has 0 fully saturated rings. The third kappa shape index (κ3) is 2.75. The van der Waals surface area contributed by atoms with Gasteiger partial charge in [0.2, 0.25) is 0 Å². The van der Waals surface area contributed by atoms with Gasteiger partial charge in [0.25, 0.3) is 0 Å². The van der Waals surface area contributed by atoms with Gasteiger partial charge < -0.3 is 5.73 Å². The van der Waals surface area contributed by atoms with Crippen molar-refractivity contribution >= 4 is 33.8 Å². The average molecular weight is 264 g/mol. The number of urea groups is 1. The van der Waals surface area contributed by atoms with Crippen LogP contribution in [0.4, 0.5) is 4.79 Å². The summed E-state index contributed by atoms with van der Waals surface area (Å²) in [4.78, 5) is 22.1. The first kappa shape index (κ1) is 12.3. The van der Waals surface area contributed by atoms with Gasteiger partial charge in [-0.05, 0) is 12.1 Å². The number of aryl methyl sites for hydroxylation is 1. The van der Waals surface area contributed by atoms with E-state index < -0.39 is 6.03 Å². The number of amides is 2. The molecule has 1 aromatic carbocycles.